The Morgan fingerprint density at radius 1 is 1.59 bits per heavy atom. The van der Waals surface area contributed by atoms with Gasteiger partial charge in [-0.2, -0.15) is 0 Å². The van der Waals surface area contributed by atoms with Crippen LogP contribution in [0.2, 0.25) is 0 Å². The van der Waals surface area contributed by atoms with E-state index < -0.39 is 5.97 Å². The third-order valence-corrected chi connectivity index (χ3v) is 2.71. The van der Waals surface area contributed by atoms with E-state index in [4.69, 9.17) is 5.53 Å². The zero-order valence-corrected chi connectivity index (χ0v) is 10.7. The van der Waals surface area contributed by atoms with Gasteiger partial charge in [0.15, 0.2) is 0 Å². The molecule has 0 atom stereocenters. The van der Waals surface area contributed by atoms with Gasteiger partial charge in [-0.25, -0.2) is 4.79 Å². The second kappa shape index (κ2) is 6.73. The molecule has 1 aromatic rings. The molecule has 0 saturated carbocycles. The summed E-state index contributed by atoms with van der Waals surface area (Å²) in [6.07, 6.45) is 1.63. The molecule has 1 aromatic carbocycles. The number of carbonyl (C=O) groups is 1. The first-order chi connectivity index (χ1) is 8.19. The number of methoxy groups -OCH3 is 1. The molecular formula is C11H10BrN3O2. The van der Waals surface area contributed by atoms with Crippen LogP contribution in [-0.4, -0.2) is 19.6 Å². The van der Waals surface area contributed by atoms with Crippen LogP contribution in [0.4, 0.5) is 0 Å². The minimum Gasteiger partial charge on any atom is -0.466 e. The fourth-order valence-electron chi connectivity index (χ4n) is 1.19. The van der Waals surface area contributed by atoms with Gasteiger partial charge in [0.25, 0.3) is 0 Å². The van der Waals surface area contributed by atoms with Gasteiger partial charge in [0.05, 0.1) is 13.7 Å². The number of ether oxygens (including phenoxy) is 1. The van der Waals surface area contributed by atoms with Crippen LogP contribution < -0.4 is 0 Å². The highest BCUT2D eigenvalue weighted by Crippen LogP contribution is 2.19. The van der Waals surface area contributed by atoms with Crippen LogP contribution in [0, 0.1) is 0 Å². The Kier molecular flexibility index (Phi) is 5.26. The summed E-state index contributed by atoms with van der Waals surface area (Å²) in [5, 5.41) is 3.36. The van der Waals surface area contributed by atoms with Gasteiger partial charge in [-0.05, 0) is 23.2 Å². The molecule has 0 aliphatic heterocycles. The molecule has 0 spiro atoms. The van der Waals surface area contributed by atoms with Crippen molar-refractivity contribution in [1.29, 1.82) is 0 Å². The van der Waals surface area contributed by atoms with E-state index in [1.165, 1.54) is 7.11 Å². The minimum atomic E-state index is -0.506. The summed E-state index contributed by atoms with van der Waals surface area (Å²) in [4.78, 5) is 14.1. The first-order valence-electron chi connectivity index (χ1n) is 4.73. The van der Waals surface area contributed by atoms with Crippen LogP contribution >= 0.6 is 15.9 Å². The lowest BCUT2D eigenvalue weighted by atomic mass is 10.1. The van der Waals surface area contributed by atoms with E-state index in [1.54, 1.807) is 6.08 Å². The van der Waals surface area contributed by atoms with Gasteiger partial charge in [-0.15, -0.1) is 0 Å². The largest absolute Gasteiger partial charge is 0.466 e. The van der Waals surface area contributed by atoms with Crippen LogP contribution in [0.3, 0.4) is 0 Å². The van der Waals surface area contributed by atoms with Crippen molar-refractivity contribution in [2.45, 2.75) is 0 Å². The van der Waals surface area contributed by atoms with Crippen LogP contribution in [-0.2, 0) is 9.53 Å². The van der Waals surface area contributed by atoms with Crippen molar-refractivity contribution in [1.82, 2.24) is 0 Å². The van der Waals surface area contributed by atoms with E-state index in [2.05, 4.69) is 30.7 Å². The molecule has 0 fully saturated rings. The number of azide groups is 1. The number of carbonyl (C=O) groups excluding carboxylic acids is 1. The SMILES string of the molecule is COC(=O)/C(=C/c1ccccc1Br)CN=[N+]=[N-]. The average Bonchev–Trinajstić information content (AvgIpc) is 2.35. The van der Waals surface area contributed by atoms with E-state index in [0.717, 1.165) is 10.0 Å². The minimum absolute atomic E-state index is 0.0372. The maximum Gasteiger partial charge on any atom is 0.333 e. The third-order valence-electron chi connectivity index (χ3n) is 1.99. The number of hydrogen-bond acceptors (Lipinski definition) is 3. The summed E-state index contributed by atoms with van der Waals surface area (Å²) in [5.41, 5.74) is 9.38. The van der Waals surface area contributed by atoms with Gasteiger partial charge in [0.2, 0.25) is 0 Å². The van der Waals surface area contributed by atoms with Crippen molar-refractivity contribution in [3.63, 3.8) is 0 Å². The van der Waals surface area contributed by atoms with Gasteiger partial charge in [-0.1, -0.05) is 39.2 Å². The molecule has 0 unspecified atom stereocenters. The number of rotatable bonds is 4. The first-order valence-corrected chi connectivity index (χ1v) is 5.52. The quantitative estimate of drug-likeness (QED) is 0.281. The summed E-state index contributed by atoms with van der Waals surface area (Å²) in [6, 6.07) is 7.41. The highest BCUT2D eigenvalue weighted by Gasteiger charge is 2.09. The Morgan fingerprint density at radius 3 is 2.88 bits per heavy atom. The lowest BCUT2D eigenvalue weighted by Crippen LogP contribution is -2.07. The van der Waals surface area contributed by atoms with Crippen molar-refractivity contribution in [3.8, 4) is 0 Å². The number of hydrogen-bond donors (Lipinski definition) is 0. The molecule has 0 aliphatic rings. The van der Waals surface area contributed by atoms with E-state index in [0.29, 0.717) is 5.57 Å². The highest BCUT2D eigenvalue weighted by atomic mass is 79.9. The Labute approximate surface area is 107 Å². The number of nitrogens with zero attached hydrogens (tertiary/aromatic N) is 3. The lowest BCUT2D eigenvalue weighted by molar-refractivity contribution is -0.136. The molecule has 0 aliphatic carbocycles. The molecule has 0 heterocycles. The summed E-state index contributed by atoms with van der Waals surface area (Å²) >= 11 is 3.36. The molecule has 6 heteroatoms. The zero-order chi connectivity index (χ0) is 12.7. The van der Waals surface area contributed by atoms with Crippen molar-refractivity contribution < 1.29 is 9.53 Å². The molecular weight excluding hydrogens is 286 g/mol. The average molecular weight is 296 g/mol. The molecule has 0 bridgehead atoms. The van der Waals surface area contributed by atoms with Crippen LogP contribution in [0.5, 0.6) is 0 Å². The molecule has 0 amide bonds. The normalized spacial score (nSPS) is 10.6. The summed E-state index contributed by atoms with van der Waals surface area (Å²) < 4.78 is 5.47. The summed E-state index contributed by atoms with van der Waals surface area (Å²) in [7, 11) is 1.28. The first kappa shape index (κ1) is 13.3. The molecule has 0 saturated heterocycles. The van der Waals surface area contributed by atoms with Gasteiger partial charge in [0, 0.05) is 15.0 Å². The van der Waals surface area contributed by atoms with Gasteiger partial charge in [0.1, 0.15) is 0 Å². The molecule has 0 aromatic heterocycles. The lowest BCUT2D eigenvalue weighted by Gasteiger charge is -2.03. The van der Waals surface area contributed by atoms with E-state index >= 15 is 0 Å². The van der Waals surface area contributed by atoms with E-state index in [9.17, 15) is 4.79 Å². The van der Waals surface area contributed by atoms with Crippen LogP contribution in [0.1, 0.15) is 5.56 Å². The van der Waals surface area contributed by atoms with Gasteiger partial charge >= 0.3 is 5.97 Å². The van der Waals surface area contributed by atoms with Crippen molar-refractivity contribution in [3.05, 3.63) is 50.3 Å². The highest BCUT2D eigenvalue weighted by molar-refractivity contribution is 9.10. The molecule has 88 valence electrons. The van der Waals surface area contributed by atoms with E-state index in [-0.39, 0.29) is 6.54 Å². The predicted molar refractivity (Wildman–Crippen MR) is 68.1 cm³/mol. The Hall–Kier alpha value is -1.78. The molecule has 1 rings (SSSR count). The number of halogens is 1. The monoisotopic (exact) mass is 295 g/mol. The fraction of sp³-hybridized carbons (Fsp3) is 0.182. The summed E-state index contributed by atoms with van der Waals surface area (Å²) in [6.45, 7) is -0.0372. The molecule has 17 heavy (non-hydrogen) atoms. The maximum absolute atomic E-state index is 11.4. The van der Waals surface area contributed by atoms with Crippen LogP contribution in [0.25, 0.3) is 16.5 Å². The smallest absolute Gasteiger partial charge is 0.333 e. The van der Waals surface area contributed by atoms with Gasteiger partial charge < -0.3 is 4.74 Å². The standard InChI is InChI=1S/C11H10BrN3O2/c1-17-11(16)9(7-14-15-13)6-8-4-2-3-5-10(8)12/h2-6H,7H2,1H3/b9-6+. The Bertz CT molecular complexity index is 493. The number of esters is 1. The van der Waals surface area contributed by atoms with Gasteiger partial charge in [-0.3, -0.25) is 0 Å². The maximum atomic E-state index is 11.4. The Morgan fingerprint density at radius 2 is 2.29 bits per heavy atom. The Balaban J connectivity index is 3.08. The van der Waals surface area contributed by atoms with Crippen molar-refractivity contribution >= 4 is 28.0 Å². The predicted octanol–water partition coefficient (Wildman–Crippen LogP) is 3.32. The van der Waals surface area contributed by atoms with Crippen molar-refractivity contribution in [2.24, 2.45) is 5.11 Å². The second-order valence-corrected chi connectivity index (χ2v) is 3.93. The molecule has 0 radical (unpaired) electrons. The zero-order valence-electron chi connectivity index (χ0n) is 9.13. The third kappa shape index (κ3) is 3.94. The van der Waals surface area contributed by atoms with E-state index in [1.807, 2.05) is 24.3 Å². The van der Waals surface area contributed by atoms with Crippen molar-refractivity contribution in [2.75, 3.05) is 13.7 Å². The van der Waals surface area contributed by atoms with Crippen LogP contribution in [0.15, 0.2) is 39.4 Å². The topological polar surface area (TPSA) is 75.1 Å². The fourth-order valence-corrected chi connectivity index (χ4v) is 1.59. The number of benzene rings is 1. The summed E-state index contributed by atoms with van der Waals surface area (Å²) in [5.74, 6) is -0.506. The molecule has 0 N–H and O–H groups in total. The second-order valence-electron chi connectivity index (χ2n) is 3.07. The molecule has 5 nitrogen and oxygen atoms in total.